The van der Waals surface area contributed by atoms with E-state index in [2.05, 4.69) is 38.8 Å². The van der Waals surface area contributed by atoms with E-state index in [0.29, 0.717) is 12.0 Å². The van der Waals surface area contributed by atoms with Crippen molar-refractivity contribution >= 4 is 14.0 Å². The predicted molar refractivity (Wildman–Crippen MR) is 139 cm³/mol. The fourth-order valence-corrected chi connectivity index (χ4v) is 5.42. The molecule has 4 atom stereocenters. The van der Waals surface area contributed by atoms with Crippen LogP contribution >= 0.6 is 0 Å². The molecule has 1 aliphatic rings. The Morgan fingerprint density at radius 2 is 1.94 bits per heavy atom. The van der Waals surface area contributed by atoms with Crippen LogP contribution in [0.2, 0.25) is 18.1 Å². The third kappa shape index (κ3) is 6.02. The molecular formula is C25H37N3O7Si. The molecule has 0 amide bonds. The average Bonchev–Trinajstić information content (AvgIpc) is 3.19. The number of aromatic amines is 1. The molecule has 1 N–H and O–H groups in total. The zero-order valence-corrected chi connectivity index (χ0v) is 23.1. The number of hydrogen-bond donors (Lipinski definition) is 1. The minimum atomic E-state index is -2.06. The molecule has 1 aromatic heterocycles. The third-order valence-electron chi connectivity index (χ3n) is 7.25. The first kappa shape index (κ1) is 28.0. The fourth-order valence-electron chi connectivity index (χ4n) is 4.06. The van der Waals surface area contributed by atoms with Crippen LogP contribution in [0.3, 0.4) is 0 Å². The van der Waals surface area contributed by atoms with E-state index < -0.39 is 36.8 Å². The minimum Gasteiger partial charge on any atom is -0.411 e. The van der Waals surface area contributed by atoms with Gasteiger partial charge in [0, 0.05) is 18.7 Å². The van der Waals surface area contributed by atoms with Gasteiger partial charge in [-0.2, -0.15) is 0 Å². The SMILES string of the molecule is CC[C@H]1O[C@@H](n2cc(COC(C)c3ccccc3[N+](=O)[O-])c(=O)[nH]c2=O)C[C@H]1O[Si](C)(C)C(C)(C)C. The number of ether oxygens (including phenoxy) is 2. The second kappa shape index (κ2) is 10.8. The van der Waals surface area contributed by atoms with Crippen molar-refractivity contribution in [1.82, 2.24) is 9.55 Å². The van der Waals surface area contributed by atoms with Crippen molar-refractivity contribution in [2.45, 2.75) is 96.7 Å². The Bertz CT molecular complexity index is 1200. The summed E-state index contributed by atoms with van der Waals surface area (Å²) >= 11 is 0. The van der Waals surface area contributed by atoms with Crippen molar-refractivity contribution in [1.29, 1.82) is 0 Å². The second-order valence-corrected chi connectivity index (χ2v) is 15.5. The first-order valence-corrected chi connectivity index (χ1v) is 15.2. The molecule has 2 aromatic rings. The summed E-state index contributed by atoms with van der Waals surface area (Å²) in [6.07, 6.45) is 1.14. The Labute approximate surface area is 211 Å². The molecule has 10 nitrogen and oxygen atoms in total. The van der Waals surface area contributed by atoms with Gasteiger partial charge in [-0.15, -0.1) is 0 Å². The van der Waals surface area contributed by atoms with Gasteiger partial charge in [-0.3, -0.25) is 24.5 Å². The summed E-state index contributed by atoms with van der Waals surface area (Å²) in [6, 6.07) is 6.31. The Morgan fingerprint density at radius 1 is 1.28 bits per heavy atom. The summed E-state index contributed by atoms with van der Waals surface area (Å²) in [7, 11) is -2.06. The molecule has 1 aliphatic heterocycles. The van der Waals surface area contributed by atoms with Crippen LogP contribution in [0.25, 0.3) is 0 Å². The molecule has 2 heterocycles. The van der Waals surface area contributed by atoms with E-state index in [-0.39, 0.29) is 35.1 Å². The molecule has 1 aromatic carbocycles. The molecule has 11 heteroatoms. The maximum atomic E-state index is 12.7. The smallest absolute Gasteiger partial charge is 0.330 e. The topological polar surface area (TPSA) is 126 Å². The van der Waals surface area contributed by atoms with Crippen molar-refractivity contribution in [2.24, 2.45) is 0 Å². The summed E-state index contributed by atoms with van der Waals surface area (Å²) < 4.78 is 20.0. The van der Waals surface area contributed by atoms with Gasteiger partial charge in [0.25, 0.3) is 11.2 Å². The quantitative estimate of drug-likeness (QED) is 0.286. The molecule has 0 spiro atoms. The predicted octanol–water partition coefficient (Wildman–Crippen LogP) is 4.81. The van der Waals surface area contributed by atoms with E-state index in [4.69, 9.17) is 13.9 Å². The number of nitrogens with one attached hydrogen (secondary N) is 1. The van der Waals surface area contributed by atoms with Crippen LogP contribution in [0, 0.1) is 10.1 Å². The van der Waals surface area contributed by atoms with Crippen LogP contribution < -0.4 is 11.2 Å². The maximum absolute atomic E-state index is 12.7. The molecule has 0 radical (unpaired) electrons. The van der Waals surface area contributed by atoms with Gasteiger partial charge in [0.1, 0.15) is 6.23 Å². The molecule has 36 heavy (non-hydrogen) atoms. The number of aromatic nitrogens is 2. The number of H-pyrrole nitrogens is 1. The van der Waals surface area contributed by atoms with Crippen molar-refractivity contribution in [3.8, 4) is 0 Å². The number of nitro benzene ring substituents is 1. The molecule has 198 valence electrons. The van der Waals surface area contributed by atoms with Gasteiger partial charge in [-0.1, -0.05) is 39.8 Å². The Balaban J connectivity index is 1.80. The summed E-state index contributed by atoms with van der Waals surface area (Å²) in [5.74, 6) is 0. The summed E-state index contributed by atoms with van der Waals surface area (Å²) in [5.41, 5.74) is -0.553. The number of nitro groups is 1. The monoisotopic (exact) mass is 519 g/mol. The van der Waals surface area contributed by atoms with Crippen molar-refractivity contribution < 1.29 is 18.8 Å². The van der Waals surface area contributed by atoms with E-state index in [1.54, 1.807) is 25.1 Å². The molecule has 1 unspecified atom stereocenters. The van der Waals surface area contributed by atoms with Crippen LogP contribution in [-0.4, -0.2) is 35.0 Å². The normalized spacial score (nSPS) is 21.5. The highest BCUT2D eigenvalue weighted by Crippen LogP contribution is 2.41. The zero-order valence-electron chi connectivity index (χ0n) is 22.1. The van der Waals surface area contributed by atoms with Crippen LogP contribution in [0.4, 0.5) is 5.69 Å². The van der Waals surface area contributed by atoms with E-state index in [9.17, 15) is 19.7 Å². The average molecular weight is 520 g/mol. The van der Waals surface area contributed by atoms with E-state index >= 15 is 0 Å². The highest BCUT2D eigenvalue weighted by Gasteiger charge is 2.44. The number of para-hydroxylation sites is 1. The lowest BCUT2D eigenvalue weighted by Crippen LogP contribution is -2.45. The Kier molecular flexibility index (Phi) is 8.39. The summed E-state index contributed by atoms with van der Waals surface area (Å²) in [4.78, 5) is 38.4. The molecule has 1 saturated heterocycles. The number of benzene rings is 1. The number of rotatable bonds is 9. The largest absolute Gasteiger partial charge is 0.411 e. The van der Waals surface area contributed by atoms with Gasteiger partial charge >= 0.3 is 5.69 Å². The zero-order chi connectivity index (χ0) is 26.8. The minimum absolute atomic E-state index is 0.0349. The lowest BCUT2D eigenvalue weighted by atomic mass is 10.1. The standard InChI is InChI=1S/C25H37N3O7Si/c1-8-20-21(35-36(6,7)25(3,4)5)13-22(34-20)27-14-17(23(29)26-24(27)30)15-33-16(2)18-11-9-10-12-19(18)28(31)32/h9-12,14,16,20-22H,8,13,15H2,1-7H3,(H,26,29,30)/t16?,20-,21-,22-/m1/s1. The van der Waals surface area contributed by atoms with E-state index in [1.165, 1.54) is 16.8 Å². The third-order valence-corrected chi connectivity index (χ3v) is 11.8. The first-order chi connectivity index (χ1) is 16.7. The summed E-state index contributed by atoms with van der Waals surface area (Å²) in [6.45, 7) is 14.5. The molecule has 0 bridgehead atoms. The molecule has 1 fully saturated rings. The lowest BCUT2D eigenvalue weighted by molar-refractivity contribution is -0.386. The number of nitrogens with zero attached hydrogens (tertiary/aromatic N) is 2. The van der Waals surface area contributed by atoms with Gasteiger partial charge in [0.05, 0.1) is 41.0 Å². The van der Waals surface area contributed by atoms with Gasteiger partial charge < -0.3 is 13.9 Å². The Morgan fingerprint density at radius 3 is 2.56 bits per heavy atom. The molecule has 0 saturated carbocycles. The fraction of sp³-hybridized carbons (Fsp3) is 0.600. The van der Waals surface area contributed by atoms with Crippen LogP contribution in [0.1, 0.15) is 70.9 Å². The highest BCUT2D eigenvalue weighted by atomic mass is 28.4. The molecular weight excluding hydrogens is 482 g/mol. The van der Waals surface area contributed by atoms with Crippen LogP contribution in [0.15, 0.2) is 40.1 Å². The highest BCUT2D eigenvalue weighted by molar-refractivity contribution is 6.74. The van der Waals surface area contributed by atoms with Crippen molar-refractivity contribution in [3.05, 3.63) is 72.5 Å². The maximum Gasteiger partial charge on any atom is 0.330 e. The van der Waals surface area contributed by atoms with E-state index in [0.717, 1.165) is 6.42 Å². The van der Waals surface area contributed by atoms with Gasteiger partial charge in [-0.05, 0) is 37.5 Å². The van der Waals surface area contributed by atoms with Gasteiger partial charge in [-0.25, -0.2) is 4.79 Å². The van der Waals surface area contributed by atoms with Crippen LogP contribution in [-0.2, 0) is 20.5 Å². The molecule has 0 aliphatic carbocycles. The van der Waals surface area contributed by atoms with Gasteiger partial charge in [0.15, 0.2) is 8.32 Å². The second-order valence-electron chi connectivity index (χ2n) is 10.8. The van der Waals surface area contributed by atoms with Crippen molar-refractivity contribution in [3.63, 3.8) is 0 Å². The summed E-state index contributed by atoms with van der Waals surface area (Å²) in [5, 5.41) is 11.4. The number of hydrogen-bond acceptors (Lipinski definition) is 7. The first-order valence-electron chi connectivity index (χ1n) is 12.3. The van der Waals surface area contributed by atoms with Gasteiger partial charge in [0.2, 0.25) is 0 Å². The Hall–Kier alpha value is -2.60. The lowest BCUT2D eigenvalue weighted by Gasteiger charge is -2.39. The van der Waals surface area contributed by atoms with E-state index in [1.807, 2.05) is 6.92 Å². The van der Waals surface area contributed by atoms with Crippen LogP contribution in [0.5, 0.6) is 0 Å². The molecule has 3 rings (SSSR count). The van der Waals surface area contributed by atoms with Crippen molar-refractivity contribution in [2.75, 3.05) is 0 Å².